The van der Waals surface area contributed by atoms with Crippen LogP contribution in [0.25, 0.3) is 54.2 Å². The van der Waals surface area contributed by atoms with Gasteiger partial charge in [-0.25, -0.2) is 9.97 Å². The Morgan fingerprint density at radius 1 is 1.02 bits per heavy atom. The van der Waals surface area contributed by atoms with E-state index in [2.05, 4.69) is 47.3 Å². The molecule has 0 aliphatic carbocycles. The van der Waals surface area contributed by atoms with Crippen molar-refractivity contribution in [2.24, 2.45) is 7.05 Å². The largest absolute Gasteiger partial charge is 0.493 e. The predicted octanol–water partition coefficient (Wildman–Crippen LogP) is 8.12. The second-order valence-corrected chi connectivity index (χ2v) is 13.7. The van der Waals surface area contributed by atoms with Gasteiger partial charge >= 0.3 is 5.97 Å². The normalized spacial score (nSPS) is 17.8. The lowest BCUT2D eigenvalue weighted by Gasteiger charge is -2.27. The van der Waals surface area contributed by atoms with Gasteiger partial charge in [0, 0.05) is 29.6 Å². The predicted molar refractivity (Wildman–Crippen MR) is 183 cm³/mol. The molecule has 0 radical (unpaired) electrons. The average Bonchev–Trinajstić information content (AvgIpc) is 3.65. The monoisotopic (exact) mass is 645 g/mol. The van der Waals surface area contributed by atoms with E-state index in [0.717, 1.165) is 97.5 Å². The standard InChI is InChI=1S/C37H35N5O4S/c1-20-12-28-36-35(25(20)15-34(43)44)23-8-9-32-26(13-23)22(10-11-45-32)7-5-4-6-21(2)46-33-16-31-24(17-39-42(31)3)14-27(33)29-18-38-19-30(40-29)37(41-28)47-36/h8-9,12-14,16-19,21-22H,4-7,10-11,15H2,1-3H3,(H,43,44)/t21-,22?/m0/s1. The molecule has 47 heavy (non-hydrogen) atoms. The second kappa shape index (κ2) is 11.8. The number of aryl methyl sites for hydroxylation is 2. The van der Waals surface area contributed by atoms with Crippen molar-refractivity contribution in [2.75, 3.05) is 6.61 Å². The smallest absolute Gasteiger partial charge is 0.307 e. The molecule has 0 saturated carbocycles. The van der Waals surface area contributed by atoms with Crippen LogP contribution in [-0.4, -0.2) is 48.5 Å². The molecule has 2 atom stereocenters. The minimum absolute atomic E-state index is 0.00328. The number of carboxylic acid groups (broad SMARTS) is 1. The van der Waals surface area contributed by atoms with Gasteiger partial charge in [-0.1, -0.05) is 12.5 Å². The third-order valence-electron chi connectivity index (χ3n) is 9.52. The van der Waals surface area contributed by atoms with E-state index in [9.17, 15) is 9.90 Å². The Morgan fingerprint density at radius 3 is 2.74 bits per heavy atom. The summed E-state index contributed by atoms with van der Waals surface area (Å²) in [6.07, 6.45) is 10.3. The number of carbonyl (C=O) groups is 1. The number of fused-ring (bicyclic) bond motifs is 9. The van der Waals surface area contributed by atoms with Crippen LogP contribution in [0.2, 0.25) is 0 Å². The minimum Gasteiger partial charge on any atom is -0.493 e. The van der Waals surface area contributed by atoms with Crippen LogP contribution < -0.4 is 9.47 Å². The SMILES string of the molecule is Cc1cc2nc3sc2c(c1CC(=O)O)-c1ccc2c(c1)C(CCCC[C@H](C)Oc1cc4c(cnn4C)cc1-c1cncc-3n1)CCO2. The van der Waals surface area contributed by atoms with Crippen molar-refractivity contribution in [3.63, 3.8) is 0 Å². The molecule has 3 aromatic heterocycles. The van der Waals surface area contributed by atoms with Gasteiger partial charge in [0.25, 0.3) is 0 Å². The van der Waals surface area contributed by atoms with Crippen molar-refractivity contribution in [2.45, 2.75) is 64.4 Å². The van der Waals surface area contributed by atoms with Gasteiger partial charge in [0.1, 0.15) is 22.2 Å². The summed E-state index contributed by atoms with van der Waals surface area (Å²) in [5, 5.41) is 16.1. The molecule has 0 spiro atoms. The van der Waals surface area contributed by atoms with Crippen LogP contribution in [0.3, 0.4) is 0 Å². The fourth-order valence-corrected chi connectivity index (χ4v) is 8.22. The summed E-state index contributed by atoms with van der Waals surface area (Å²) in [6.45, 7) is 4.81. The summed E-state index contributed by atoms with van der Waals surface area (Å²) >= 11 is 1.52. The van der Waals surface area contributed by atoms with Crippen LogP contribution in [0.1, 0.15) is 61.6 Å². The van der Waals surface area contributed by atoms with Crippen molar-refractivity contribution < 1.29 is 19.4 Å². The topological polar surface area (TPSA) is 112 Å². The molecule has 0 saturated heterocycles. The lowest BCUT2D eigenvalue weighted by atomic mass is 9.85. The molecule has 2 aliphatic heterocycles. The third-order valence-corrected chi connectivity index (χ3v) is 10.6. The summed E-state index contributed by atoms with van der Waals surface area (Å²) in [5.74, 6) is 1.18. The van der Waals surface area contributed by atoms with E-state index in [1.807, 2.05) is 30.9 Å². The fourth-order valence-electron chi connectivity index (χ4n) is 7.13. The number of benzene rings is 3. The first-order valence-corrected chi connectivity index (χ1v) is 17.0. The number of ether oxygens (including phenoxy) is 2. The maximum absolute atomic E-state index is 12.1. The van der Waals surface area contributed by atoms with E-state index in [1.165, 1.54) is 16.9 Å². The Bertz CT molecular complexity index is 2190. The minimum atomic E-state index is -0.862. The van der Waals surface area contributed by atoms with Crippen molar-refractivity contribution in [1.82, 2.24) is 24.7 Å². The molecule has 0 fully saturated rings. The quantitative estimate of drug-likeness (QED) is 0.201. The van der Waals surface area contributed by atoms with Gasteiger partial charge in [-0.15, -0.1) is 11.3 Å². The Balaban J connectivity index is 1.35. The van der Waals surface area contributed by atoms with Crippen LogP contribution in [0.5, 0.6) is 11.5 Å². The number of thiazole rings is 1. The van der Waals surface area contributed by atoms with Crippen LogP contribution in [0, 0.1) is 6.92 Å². The molecule has 0 amide bonds. The zero-order valence-corrected chi connectivity index (χ0v) is 27.4. The summed E-state index contributed by atoms with van der Waals surface area (Å²) in [6, 6.07) is 12.5. The molecule has 1 unspecified atom stereocenters. The molecule has 3 aromatic carbocycles. The molecule has 6 bridgehead atoms. The first-order valence-electron chi connectivity index (χ1n) is 16.2. The highest BCUT2D eigenvalue weighted by Crippen LogP contribution is 2.45. The summed E-state index contributed by atoms with van der Waals surface area (Å²) < 4.78 is 15.6. The second-order valence-electron chi connectivity index (χ2n) is 12.7. The summed E-state index contributed by atoms with van der Waals surface area (Å²) in [7, 11) is 1.94. The van der Waals surface area contributed by atoms with Crippen LogP contribution in [-0.2, 0) is 18.3 Å². The number of hydrogen-bond acceptors (Lipinski definition) is 8. The zero-order chi connectivity index (χ0) is 32.2. The van der Waals surface area contributed by atoms with Gasteiger partial charge in [-0.3, -0.25) is 14.5 Å². The van der Waals surface area contributed by atoms with Crippen molar-refractivity contribution in [1.29, 1.82) is 0 Å². The van der Waals surface area contributed by atoms with Gasteiger partial charge in [-0.2, -0.15) is 5.10 Å². The summed E-state index contributed by atoms with van der Waals surface area (Å²) in [5.41, 5.74) is 8.82. The lowest BCUT2D eigenvalue weighted by molar-refractivity contribution is -0.136. The van der Waals surface area contributed by atoms with Crippen LogP contribution in [0.15, 0.2) is 55.0 Å². The molecule has 9 nitrogen and oxygen atoms in total. The first-order chi connectivity index (χ1) is 22.8. The number of aromatic nitrogens is 5. The summed E-state index contributed by atoms with van der Waals surface area (Å²) in [4.78, 5) is 26.9. The molecule has 5 heterocycles. The van der Waals surface area contributed by atoms with Gasteiger partial charge in [-0.05, 0) is 92.0 Å². The number of nitrogens with zero attached hydrogens (tertiary/aromatic N) is 5. The molecular formula is C37H35N5O4S. The highest BCUT2D eigenvalue weighted by Gasteiger charge is 2.26. The van der Waals surface area contributed by atoms with Crippen LogP contribution in [0.4, 0.5) is 0 Å². The highest BCUT2D eigenvalue weighted by atomic mass is 32.1. The van der Waals surface area contributed by atoms with E-state index in [0.29, 0.717) is 23.9 Å². The number of rotatable bonds is 2. The van der Waals surface area contributed by atoms with E-state index in [4.69, 9.17) is 19.4 Å². The van der Waals surface area contributed by atoms with E-state index in [-0.39, 0.29) is 12.5 Å². The van der Waals surface area contributed by atoms with Gasteiger partial charge in [0.05, 0.1) is 59.1 Å². The van der Waals surface area contributed by atoms with Gasteiger partial charge in [0.2, 0.25) is 0 Å². The molecular weight excluding hydrogens is 611 g/mol. The van der Waals surface area contributed by atoms with Crippen molar-refractivity contribution >= 4 is 38.4 Å². The maximum Gasteiger partial charge on any atom is 0.307 e. The van der Waals surface area contributed by atoms with Crippen LogP contribution >= 0.6 is 11.3 Å². The maximum atomic E-state index is 12.1. The molecule has 1 N–H and O–H groups in total. The van der Waals surface area contributed by atoms with Crippen molar-refractivity contribution in [3.05, 3.63) is 71.7 Å². The van der Waals surface area contributed by atoms with Gasteiger partial charge < -0.3 is 14.6 Å². The number of aliphatic carboxylic acids is 1. The van der Waals surface area contributed by atoms with E-state index in [1.54, 1.807) is 12.4 Å². The molecule has 238 valence electrons. The lowest BCUT2D eigenvalue weighted by Crippen LogP contribution is -2.15. The number of carboxylic acids is 1. The average molecular weight is 646 g/mol. The van der Waals surface area contributed by atoms with E-state index >= 15 is 0 Å². The fraction of sp³-hybridized carbons (Fsp3) is 0.324. The van der Waals surface area contributed by atoms with Gasteiger partial charge in [0.15, 0.2) is 0 Å². The highest BCUT2D eigenvalue weighted by molar-refractivity contribution is 7.22. The Hall–Kier alpha value is -4.83. The first kappa shape index (κ1) is 29.6. The number of hydrogen-bond donors (Lipinski definition) is 1. The molecule has 6 aromatic rings. The Kier molecular flexibility index (Phi) is 7.40. The van der Waals surface area contributed by atoms with E-state index < -0.39 is 5.97 Å². The molecule has 10 heteroatoms. The molecule has 2 aliphatic rings. The Morgan fingerprint density at radius 2 is 1.87 bits per heavy atom. The Labute approximate surface area is 276 Å². The zero-order valence-electron chi connectivity index (χ0n) is 26.6. The molecule has 8 rings (SSSR count). The van der Waals surface area contributed by atoms with Crippen molar-refractivity contribution in [3.8, 4) is 44.6 Å². The third kappa shape index (κ3) is 5.40.